The van der Waals surface area contributed by atoms with Crippen LogP contribution in [0.3, 0.4) is 0 Å². The SMILES string of the molecule is NNC(CCc1ccsc1)C1CCCCO1. The fraction of sp³-hybridized carbons (Fsp3) is 0.667. The molecule has 1 aromatic heterocycles. The van der Waals surface area contributed by atoms with Crippen molar-refractivity contribution in [1.29, 1.82) is 0 Å². The van der Waals surface area contributed by atoms with Gasteiger partial charge in [-0.2, -0.15) is 11.3 Å². The van der Waals surface area contributed by atoms with Gasteiger partial charge in [0.25, 0.3) is 0 Å². The quantitative estimate of drug-likeness (QED) is 0.612. The summed E-state index contributed by atoms with van der Waals surface area (Å²) in [4.78, 5) is 0. The molecule has 0 amide bonds. The fourth-order valence-corrected chi connectivity index (χ4v) is 2.92. The summed E-state index contributed by atoms with van der Waals surface area (Å²) in [5, 5.41) is 4.33. The minimum Gasteiger partial charge on any atom is -0.377 e. The third-order valence-corrected chi connectivity index (χ3v) is 3.93. The minimum absolute atomic E-state index is 0.292. The predicted molar refractivity (Wildman–Crippen MR) is 67.3 cm³/mol. The standard InChI is InChI=1S/C12H20N2OS/c13-14-11(12-3-1-2-7-15-12)5-4-10-6-8-16-9-10/h6,8-9,11-12,14H,1-5,7,13H2. The average molecular weight is 240 g/mol. The lowest BCUT2D eigenvalue weighted by atomic mass is 9.97. The molecule has 0 saturated carbocycles. The summed E-state index contributed by atoms with van der Waals surface area (Å²) in [7, 11) is 0. The Bertz CT molecular complexity index is 283. The zero-order valence-corrected chi connectivity index (χ0v) is 10.3. The van der Waals surface area contributed by atoms with E-state index >= 15 is 0 Å². The van der Waals surface area contributed by atoms with E-state index in [1.165, 1.54) is 18.4 Å². The number of aryl methyl sites for hydroxylation is 1. The van der Waals surface area contributed by atoms with Gasteiger partial charge in [0.2, 0.25) is 0 Å². The molecule has 90 valence electrons. The summed E-state index contributed by atoms with van der Waals surface area (Å²) in [5.74, 6) is 5.62. The lowest BCUT2D eigenvalue weighted by Gasteiger charge is -2.30. The molecule has 0 aliphatic carbocycles. The van der Waals surface area contributed by atoms with Crippen molar-refractivity contribution in [2.75, 3.05) is 6.61 Å². The maximum atomic E-state index is 5.76. The highest BCUT2D eigenvalue weighted by atomic mass is 32.1. The molecule has 0 radical (unpaired) electrons. The van der Waals surface area contributed by atoms with Gasteiger partial charge in [0.15, 0.2) is 0 Å². The molecule has 0 aromatic carbocycles. The van der Waals surface area contributed by atoms with Crippen molar-refractivity contribution in [3.05, 3.63) is 22.4 Å². The Morgan fingerprint density at radius 2 is 2.50 bits per heavy atom. The van der Waals surface area contributed by atoms with Gasteiger partial charge in [0, 0.05) is 12.6 Å². The highest BCUT2D eigenvalue weighted by Crippen LogP contribution is 2.19. The number of hydrazine groups is 1. The van der Waals surface area contributed by atoms with Crippen LogP contribution in [0.2, 0.25) is 0 Å². The van der Waals surface area contributed by atoms with E-state index in [0.717, 1.165) is 25.9 Å². The van der Waals surface area contributed by atoms with Gasteiger partial charge in [-0.1, -0.05) is 0 Å². The van der Waals surface area contributed by atoms with Crippen molar-refractivity contribution in [2.24, 2.45) is 5.84 Å². The molecule has 1 saturated heterocycles. The largest absolute Gasteiger partial charge is 0.377 e. The Balaban J connectivity index is 1.80. The Kier molecular flexibility index (Phi) is 4.78. The van der Waals surface area contributed by atoms with E-state index in [9.17, 15) is 0 Å². The van der Waals surface area contributed by atoms with Gasteiger partial charge in [-0.05, 0) is 54.5 Å². The Morgan fingerprint density at radius 1 is 1.56 bits per heavy atom. The maximum absolute atomic E-state index is 5.76. The number of hydrogen-bond donors (Lipinski definition) is 2. The molecule has 3 nitrogen and oxygen atoms in total. The summed E-state index contributed by atoms with van der Waals surface area (Å²) in [5.41, 5.74) is 4.32. The molecule has 1 aliphatic rings. The number of nitrogens with two attached hydrogens (primary N) is 1. The van der Waals surface area contributed by atoms with Gasteiger partial charge in [0.05, 0.1) is 6.10 Å². The Hall–Kier alpha value is -0.420. The van der Waals surface area contributed by atoms with Crippen LogP contribution < -0.4 is 11.3 Å². The predicted octanol–water partition coefficient (Wildman–Crippen LogP) is 2.08. The van der Waals surface area contributed by atoms with E-state index in [0.29, 0.717) is 12.1 Å². The van der Waals surface area contributed by atoms with Crippen molar-refractivity contribution in [1.82, 2.24) is 5.43 Å². The van der Waals surface area contributed by atoms with Crippen LogP contribution in [-0.2, 0) is 11.2 Å². The van der Waals surface area contributed by atoms with E-state index in [1.54, 1.807) is 11.3 Å². The first-order valence-electron chi connectivity index (χ1n) is 5.99. The van der Waals surface area contributed by atoms with E-state index in [-0.39, 0.29) is 0 Å². The van der Waals surface area contributed by atoms with Gasteiger partial charge >= 0.3 is 0 Å². The third-order valence-electron chi connectivity index (χ3n) is 3.20. The minimum atomic E-state index is 0.292. The van der Waals surface area contributed by atoms with E-state index in [1.807, 2.05) is 0 Å². The van der Waals surface area contributed by atoms with E-state index < -0.39 is 0 Å². The second-order valence-electron chi connectivity index (χ2n) is 4.35. The lowest BCUT2D eigenvalue weighted by Crippen LogP contribution is -2.46. The molecule has 1 fully saturated rings. The molecule has 0 spiro atoms. The molecule has 1 aromatic rings. The molecule has 16 heavy (non-hydrogen) atoms. The average Bonchev–Trinajstić information content (AvgIpc) is 2.84. The monoisotopic (exact) mass is 240 g/mol. The van der Waals surface area contributed by atoms with Crippen molar-refractivity contribution in [3.8, 4) is 0 Å². The van der Waals surface area contributed by atoms with Crippen LogP contribution >= 0.6 is 11.3 Å². The van der Waals surface area contributed by atoms with Crippen LogP contribution in [0.5, 0.6) is 0 Å². The molecule has 2 heterocycles. The molecule has 2 atom stereocenters. The van der Waals surface area contributed by atoms with Crippen LogP contribution in [0.15, 0.2) is 16.8 Å². The van der Waals surface area contributed by atoms with Crippen molar-refractivity contribution in [3.63, 3.8) is 0 Å². The Morgan fingerprint density at radius 3 is 3.12 bits per heavy atom. The second-order valence-corrected chi connectivity index (χ2v) is 5.13. The molecule has 2 unspecified atom stereocenters. The smallest absolute Gasteiger partial charge is 0.0741 e. The van der Waals surface area contributed by atoms with Crippen LogP contribution in [0, 0.1) is 0 Å². The molecule has 0 bridgehead atoms. The fourth-order valence-electron chi connectivity index (χ4n) is 2.22. The van der Waals surface area contributed by atoms with Gasteiger partial charge in [-0.15, -0.1) is 0 Å². The van der Waals surface area contributed by atoms with Gasteiger partial charge < -0.3 is 4.74 Å². The van der Waals surface area contributed by atoms with Gasteiger partial charge in [-0.3, -0.25) is 11.3 Å². The lowest BCUT2D eigenvalue weighted by molar-refractivity contribution is -0.00920. The van der Waals surface area contributed by atoms with E-state index in [2.05, 4.69) is 22.3 Å². The first-order chi connectivity index (χ1) is 7.90. The highest BCUT2D eigenvalue weighted by Gasteiger charge is 2.23. The van der Waals surface area contributed by atoms with Crippen LogP contribution in [0.1, 0.15) is 31.2 Å². The van der Waals surface area contributed by atoms with Crippen LogP contribution in [0.25, 0.3) is 0 Å². The summed E-state index contributed by atoms with van der Waals surface area (Å²) in [6.45, 7) is 0.890. The number of hydrogen-bond acceptors (Lipinski definition) is 4. The molecule has 2 rings (SSSR count). The first kappa shape index (κ1) is 12.0. The van der Waals surface area contributed by atoms with Gasteiger partial charge in [-0.25, -0.2) is 0 Å². The number of thiophene rings is 1. The molecule has 1 aliphatic heterocycles. The van der Waals surface area contributed by atoms with Crippen molar-refractivity contribution >= 4 is 11.3 Å². The zero-order valence-electron chi connectivity index (χ0n) is 9.52. The maximum Gasteiger partial charge on any atom is 0.0741 e. The molecule has 3 N–H and O–H groups in total. The highest BCUT2D eigenvalue weighted by molar-refractivity contribution is 7.07. The second kappa shape index (κ2) is 6.35. The molecule has 4 heteroatoms. The molecular formula is C12H20N2OS. The summed E-state index contributed by atoms with van der Waals surface area (Å²) in [6, 6.07) is 2.47. The molecular weight excluding hydrogens is 220 g/mol. The summed E-state index contributed by atoms with van der Waals surface area (Å²) in [6.07, 6.45) is 6.03. The van der Waals surface area contributed by atoms with Crippen LogP contribution in [-0.4, -0.2) is 18.8 Å². The third kappa shape index (κ3) is 3.28. The van der Waals surface area contributed by atoms with Gasteiger partial charge in [0.1, 0.15) is 0 Å². The zero-order chi connectivity index (χ0) is 11.2. The number of ether oxygens (including phenoxy) is 1. The first-order valence-corrected chi connectivity index (χ1v) is 6.93. The summed E-state index contributed by atoms with van der Waals surface area (Å²) < 4.78 is 5.76. The van der Waals surface area contributed by atoms with Crippen molar-refractivity contribution in [2.45, 2.75) is 44.2 Å². The van der Waals surface area contributed by atoms with E-state index in [4.69, 9.17) is 10.6 Å². The topological polar surface area (TPSA) is 47.3 Å². The number of nitrogens with one attached hydrogen (secondary N) is 1. The van der Waals surface area contributed by atoms with Crippen molar-refractivity contribution < 1.29 is 4.74 Å². The number of rotatable bonds is 5. The van der Waals surface area contributed by atoms with Crippen LogP contribution in [0.4, 0.5) is 0 Å². The Labute approximate surface area is 101 Å². The normalized spacial score (nSPS) is 23.2. The summed E-state index contributed by atoms with van der Waals surface area (Å²) >= 11 is 1.75.